The summed E-state index contributed by atoms with van der Waals surface area (Å²) in [7, 11) is 0. The van der Waals surface area contributed by atoms with Crippen molar-refractivity contribution in [2.45, 2.75) is 20.4 Å². The zero-order valence-electron chi connectivity index (χ0n) is 14.6. The van der Waals surface area contributed by atoms with E-state index in [1.54, 1.807) is 31.2 Å². The highest BCUT2D eigenvalue weighted by molar-refractivity contribution is 6.45. The number of anilines is 1. The van der Waals surface area contributed by atoms with Gasteiger partial charge < -0.3 is 15.6 Å². The van der Waals surface area contributed by atoms with E-state index in [0.29, 0.717) is 16.9 Å². The van der Waals surface area contributed by atoms with Crippen LogP contribution in [0, 0.1) is 6.92 Å². The van der Waals surface area contributed by atoms with Gasteiger partial charge in [-0.05, 0) is 30.7 Å². The molecule has 0 aliphatic rings. The number of aromatic nitrogens is 1. The largest absolute Gasteiger partial charge is 0.358 e. The van der Waals surface area contributed by atoms with Crippen LogP contribution < -0.4 is 10.6 Å². The highest BCUT2D eigenvalue weighted by Crippen LogP contribution is 2.22. The topological polar surface area (TPSA) is 91.1 Å². The smallest absolute Gasteiger partial charge is 0.292 e. The molecular formula is C20H19N3O3. The first-order chi connectivity index (χ1) is 12.5. The van der Waals surface area contributed by atoms with Crippen LogP contribution in [0.3, 0.4) is 0 Å². The van der Waals surface area contributed by atoms with E-state index in [4.69, 9.17) is 0 Å². The van der Waals surface area contributed by atoms with Crippen LogP contribution in [0.1, 0.15) is 28.5 Å². The molecule has 2 amide bonds. The lowest BCUT2D eigenvalue weighted by Gasteiger charge is -2.07. The Bertz CT molecular complexity index is 987. The molecule has 2 aromatic carbocycles. The van der Waals surface area contributed by atoms with Crippen molar-refractivity contribution < 1.29 is 14.4 Å². The number of rotatable bonds is 5. The molecular weight excluding hydrogens is 330 g/mol. The molecule has 0 aliphatic carbocycles. The summed E-state index contributed by atoms with van der Waals surface area (Å²) >= 11 is 0. The lowest BCUT2D eigenvalue weighted by Crippen LogP contribution is -2.30. The highest BCUT2D eigenvalue weighted by atomic mass is 16.2. The van der Waals surface area contributed by atoms with Crippen LogP contribution in [-0.4, -0.2) is 22.6 Å². The number of Topliss-reactive ketones (excluding diaryl/α,β-unsaturated/α-hetero) is 1. The second kappa shape index (κ2) is 7.23. The number of benzene rings is 2. The first kappa shape index (κ1) is 17.4. The first-order valence-electron chi connectivity index (χ1n) is 8.22. The summed E-state index contributed by atoms with van der Waals surface area (Å²) in [5.74, 6) is -1.36. The highest BCUT2D eigenvalue weighted by Gasteiger charge is 2.22. The Kier molecular flexibility index (Phi) is 4.84. The van der Waals surface area contributed by atoms with E-state index >= 15 is 0 Å². The molecule has 0 radical (unpaired) electrons. The number of ketones is 1. The Morgan fingerprint density at radius 3 is 2.38 bits per heavy atom. The zero-order chi connectivity index (χ0) is 18.7. The Morgan fingerprint density at radius 2 is 1.69 bits per heavy atom. The monoisotopic (exact) mass is 349 g/mol. The fraction of sp³-hybridized carbons (Fsp3) is 0.150. The van der Waals surface area contributed by atoms with Crippen molar-refractivity contribution in [1.82, 2.24) is 10.3 Å². The average Bonchev–Trinajstić information content (AvgIpc) is 2.95. The maximum absolute atomic E-state index is 12.6. The number of hydrogen-bond donors (Lipinski definition) is 3. The minimum absolute atomic E-state index is 0.147. The van der Waals surface area contributed by atoms with E-state index in [1.807, 2.05) is 24.3 Å². The first-order valence-corrected chi connectivity index (χ1v) is 8.22. The molecule has 3 rings (SSSR count). The summed E-state index contributed by atoms with van der Waals surface area (Å²) in [5, 5.41) is 6.06. The van der Waals surface area contributed by atoms with Crippen LogP contribution in [0.5, 0.6) is 0 Å². The van der Waals surface area contributed by atoms with Gasteiger partial charge in [-0.3, -0.25) is 14.4 Å². The number of H-pyrrole nitrogens is 1. The second-order valence-electron chi connectivity index (χ2n) is 6.06. The van der Waals surface area contributed by atoms with Crippen molar-refractivity contribution in [2.24, 2.45) is 0 Å². The second-order valence-corrected chi connectivity index (χ2v) is 6.06. The SMILES string of the molecule is CC(=O)Nc1ccc(CNC(=O)C(=O)c2c(C)[nH]c3ccccc23)cc1. The zero-order valence-corrected chi connectivity index (χ0v) is 14.6. The van der Waals surface area contributed by atoms with E-state index in [0.717, 1.165) is 16.5 Å². The van der Waals surface area contributed by atoms with Crippen LogP contribution >= 0.6 is 0 Å². The van der Waals surface area contributed by atoms with Crippen molar-refractivity contribution in [3.8, 4) is 0 Å². The van der Waals surface area contributed by atoms with Crippen molar-refractivity contribution in [3.05, 3.63) is 65.4 Å². The van der Waals surface area contributed by atoms with Gasteiger partial charge in [-0.1, -0.05) is 30.3 Å². The number of para-hydroxylation sites is 1. The van der Waals surface area contributed by atoms with Crippen LogP contribution in [0.2, 0.25) is 0 Å². The van der Waals surface area contributed by atoms with Gasteiger partial charge in [0.25, 0.3) is 11.7 Å². The van der Waals surface area contributed by atoms with Crippen molar-refractivity contribution >= 4 is 34.2 Å². The molecule has 0 atom stereocenters. The van der Waals surface area contributed by atoms with E-state index < -0.39 is 11.7 Å². The van der Waals surface area contributed by atoms with Gasteiger partial charge in [-0.2, -0.15) is 0 Å². The summed E-state index contributed by atoms with van der Waals surface area (Å²) in [4.78, 5) is 39.0. The van der Waals surface area contributed by atoms with Crippen LogP contribution in [0.4, 0.5) is 5.69 Å². The fourth-order valence-corrected chi connectivity index (χ4v) is 2.85. The summed E-state index contributed by atoms with van der Waals surface area (Å²) in [6, 6.07) is 14.5. The molecule has 0 spiro atoms. The minimum atomic E-state index is -0.649. The third kappa shape index (κ3) is 3.64. The fourth-order valence-electron chi connectivity index (χ4n) is 2.85. The van der Waals surface area contributed by atoms with Gasteiger partial charge in [0.2, 0.25) is 5.91 Å². The predicted molar refractivity (Wildman–Crippen MR) is 100.0 cm³/mol. The van der Waals surface area contributed by atoms with Crippen LogP contribution in [0.25, 0.3) is 10.9 Å². The number of aromatic amines is 1. The maximum Gasteiger partial charge on any atom is 0.292 e. The lowest BCUT2D eigenvalue weighted by atomic mass is 10.1. The van der Waals surface area contributed by atoms with E-state index in [-0.39, 0.29) is 12.5 Å². The van der Waals surface area contributed by atoms with Gasteiger partial charge in [-0.25, -0.2) is 0 Å². The summed E-state index contributed by atoms with van der Waals surface area (Å²) in [6.07, 6.45) is 0. The molecule has 3 aromatic rings. The van der Waals surface area contributed by atoms with E-state index in [2.05, 4.69) is 15.6 Å². The van der Waals surface area contributed by atoms with Gasteiger partial charge in [0, 0.05) is 35.8 Å². The maximum atomic E-state index is 12.6. The molecule has 0 saturated heterocycles. The van der Waals surface area contributed by atoms with Gasteiger partial charge in [0.15, 0.2) is 0 Å². The van der Waals surface area contributed by atoms with Crippen LogP contribution in [0.15, 0.2) is 48.5 Å². The number of amides is 2. The Balaban J connectivity index is 1.69. The molecule has 1 aromatic heterocycles. The quantitative estimate of drug-likeness (QED) is 0.488. The predicted octanol–water partition coefficient (Wildman–Crippen LogP) is 2.93. The van der Waals surface area contributed by atoms with Crippen LogP contribution in [-0.2, 0) is 16.1 Å². The minimum Gasteiger partial charge on any atom is -0.358 e. The molecule has 0 aliphatic heterocycles. The average molecular weight is 349 g/mol. The number of carbonyl (C=O) groups is 3. The molecule has 132 valence electrons. The van der Waals surface area contributed by atoms with Crippen molar-refractivity contribution in [1.29, 1.82) is 0 Å². The number of nitrogens with one attached hydrogen (secondary N) is 3. The lowest BCUT2D eigenvalue weighted by molar-refractivity contribution is -0.117. The summed E-state index contributed by atoms with van der Waals surface area (Å²) in [5.41, 5.74) is 3.41. The van der Waals surface area contributed by atoms with Gasteiger partial charge in [0.05, 0.1) is 5.56 Å². The summed E-state index contributed by atoms with van der Waals surface area (Å²) < 4.78 is 0. The molecule has 0 bridgehead atoms. The molecule has 0 fully saturated rings. The van der Waals surface area contributed by atoms with E-state index in [1.165, 1.54) is 6.92 Å². The standard InChI is InChI=1S/C20H19N3O3/c1-12-18(16-5-3-4-6-17(16)22-12)19(25)20(26)21-11-14-7-9-15(10-8-14)23-13(2)24/h3-10,22H,11H2,1-2H3,(H,21,26)(H,23,24). The summed E-state index contributed by atoms with van der Waals surface area (Å²) in [6.45, 7) is 3.44. The van der Waals surface area contributed by atoms with Gasteiger partial charge in [-0.15, -0.1) is 0 Å². The van der Waals surface area contributed by atoms with E-state index in [9.17, 15) is 14.4 Å². The Hall–Kier alpha value is -3.41. The number of aryl methyl sites for hydroxylation is 1. The van der Waals surface area contributed by atoms with Crippen molar-refractivity contribution in [2.75, 3.05) is 5.32 Å². The molecule has 26 heavy (non-hydrogen) atoms. The molecule has 0 unspecified atom stereocenters. The Morgan fingerprint density at radius 1 is 1.00 bits per heavy atom. The number of hydrogen-bond acceptors (Lipinski definition) is 3. The Labute approximate surface area is 150 Å². The molecule has 3 N–H and O–H groups in total. The van der Waals surface area contributed by atoms with Gasteiger partial charge >= 0.3 is 0 Å². The molecule has 6 heteroatoms. The van der Waals surface area contributed by atoms with Gasteiger partial charge in [0.1, 0.15) is 0 Å². The molecule has 6 nitrogen and oxygen atoms in total. The third-order valence-corrected chi connectivity index (χ3v) is 4.05. The molecule has 1 heterocycles. The normalized spacial score (nSPS) is 10.5. The molecule has 0 saturated carbocycles. The van der Waals surface area contributed by atoms with Crippen molar-refractivity contribution in [3.63, 3.8) is 0 Å². The number of carbonyl (C=O) groups excluding carboxylic acids is 3. The third-order valence-electron chi connectivity index (χ3n) is 4.05. The number of fused-ring (bicyclic) bond motifs is 1.